The number of benzene rings is 1. The van der Waals surface area contributed by atoms with Gasteiger partial charge in [0.05, 0.1) is 6.61 Å². The van der Waals surface area contributed by atoms with Gasteiger partial charge in [-0.1, -0.05) is 42.4 Å². The minimum atomic E-state index is 0.143. The molecule has 0 amide bonds. The summed E-state index contributed by atoms with van der Waals surface area (Å²) >= 11 is 13.2. The van der Waals surface area contributed by atoms with Gasteiger partial charge in [0.2, 0.25) is 5.28 Å². The largest absolute Gasteiger partial charge is 0.463 e. The van der Waals surface area contributed by atoms with Gasteiger partial charge in [-0.15, -0.1) is 0 Å². The molecule has 2 rings (SSSR count). The lowest BCUT2D eigenvalue weighted by Gasteiger charge is -2.05. The van der Waals surface area contributed by atoms with E-state index in [4.69, 9.17) is 27.9 Å². The monoisotopic (exact) mass is 329 g/mol. The van der Waals surface area contributed by atoms with Crippen LogP contribution in [0.5, 0.6) is 6.01 Å². The van der Waals surface area contributed by atoms with Crippen molar-refractivity contribution in [3.63, 3.8) is 0 Å². The predicted octanol–water partition coefficient (Wildman–Crippen LogP) is 4.26. The summed E-state index contributed by atoms with van der Waals surface area (Å²) < 4.78 is 5.37. The van der Waals surface area contributed by atoms with Gasteiger partial charge < -0.3 is 4.74 Å². The maximum absolute atomic E-state index is 5.86. The van der Waals surface area contributed by atoms with Gasteiger partial charge in [-0.25, -0.2) is 0 Å². The van der Waals surface area contributed by atoms with Crippen LogP contribution < -0.4 is 4.74 Å². The Balaban J connectivity index is 2.01. The van der Waals surface area contributed by atoms with E-state index in [9.17, 15) is 0 Å². The molecule has 0 bridgehead atoms. The predicted molar refractivity (Wildman–Crippen MR) is 81.6 cm³/mol. The molecule has 0 atom stereocenters. The van der Waals surface area contributed by atoms with Crippen LogP contribution in [0.4, 0.5) is 0 Å². The molecule has 0 aliphatic rings. The first-order valence-electron chi connectivity index (χ1n) is 6.09. The Morgan fingerprint density at radius 2 is 1.85 bits per heavy atom. The fraction of sp³-hybridized carbons (Fsp3) is 0.308. The van der Waals surface area contributed by atoms with Gasteiger partial charge in [-0.3, -0.25) is 0 Å². The fourth-order valence-electron chi connectivity index (χ4n) is 1.37. The minimum Gasteiger partial charge on any atom is -0.463 e. The van der Waals surface area contributed by atoms with Gasteiger partial charge >= 0.3 is 6.01 Å². The van der Waals surface area contributed by atoms with Gasteiger partial charge in [-0.05, 0) is 35.7 Å². The summed E-state index contributed by atoms with van der Waals surface area (Å²) in [5.74, 6) is 0.727. The Morgan fingerprint density at radius 1 is 1.10 bits per heavy atom. The summed E-state index contributed by atoms with van der Waals surface area (Å²) in [6.45, 7) is 2.57. The molecule has 1 heterocycles. The lowest BCUT2D eigenvalue weighted by Crippen LogP contribution is -2.02. The molecule has 0 fully saturated rings. The maximum Gasteiger partial charge on any atom is 0.321 e. The van der Waals surface area contributed by atoms with Gasteiger partial charge in [0, 0.05) is 10.8 Å². The van der Waals surface area contributed by atoms with E-state index in [1.807, 2.05) is 31.2 Å². The zero-order valence-corrected chi connectivity index (χ0v) is 13.2. The molecule has 7 heteroatoms. The lowest BCUT2D eigenvalue weighted by atomic mass is 10.2. The second kappa shape index (κ2) is 7.67. The molecule has 20 heavy (non-hydrogen) atoms. The van der Waals surface area contributed by atoms with Gasteiger partial charge in [-0.2, -0.15) is 15.0 Å². The van der Waals surface area contributed by atoms with Crippen LogP contribution in [0, 0.1) is 0 Å². The van der Waals surface area contributed by atoms with Crippen molar-refractivity contribution >= 4 is 35.0 Å². The molecule has 2 aromatic rings. The van der Waals surface area contributed by atoms with Gasteiger partial charge in [0.1, 0.15) is 0 Å². The second-order valence-corrected chi connectivity index (χ2v) is 5.65. The number of aromatic nitrogens is 3. The topological polar surface area (TPSA) is 47.9 Å². The van der Waals surface area contributed by atoms with Crippen molar-refractivity contribution in [3.05, 3.63) is 40.1 Å². The number of thioether (sulfide) groups is 1. The molecule has 0 spiro atoms. The molecule has 0 unspecified atom stereocenters. The molecule has 1 aromatic heterocycles. The molecule has 0 aliphatic carbocycles. The summed E-state index contributed by atoms with van der Waals surface area (Å²) in [5, 5.41) is 1.41. The van der Waals surface area contributed by atoms with Crippen LogP contribution in [0.1, 0.15) is 18.9 Å². The van der Waals surface area contributed by atoms with Crippen molar-refractivity contribution in [1.29, 1.82) is 0 Å². The Labute approximate surface area is 131 Å². The SMILES string of the molecule is CCCOc1nc(Cl)nc(SCc2ccc(Cl)cc2)n1. The molecule has 0 radical (unpaired) electrons. The normalized spacial score (nSPS) is 10.6. The smallest absolute Gasteiger partial charge is 0.321 e. The van der Waals surface area contributed by atoms with E-state index in [0.717, 1.165) is 22.8 Å². The number of ether oxygens (including phenoxy) is 1. The average molecular weight is 330 g/mol. The van der Waals surface area contributed by atoms with E-state index < -0.39 is 0 Å². The number of rotatable bonds is 6. The summed E-state index contributed by atoms with van der Waals surface area (Å²) in [6, 6.07) is 7.91. The van der Waals surface area contributed by atoms with Crippen molar-refractivity contribution in [1.82, 2.24) is 15.0 Å². The second-order valence-electron chi connectivity index (χ2n) is 3.93. The summed E-state index contributed by atoms with van der Waals surface area (Å²) in [4.78, 5) is 12.2. The Hall–Kier alpha value is -1.04. The molecular weight excluding hydrogens is 317 g/mol. The third-order valence-electron chi connectivity index (χ3n) is 2.28. The van der Waals surface area contributed by atoms with Gasteiger partial charge in [0.15, 0.2) is 5.16 Å². The highest BCUT2D eigenvalue weighted by Crippen LogP contribution is 2.22. The number of nitrogens with zero attached hydrogens (tertiary/aromatic N) is 3. The van der Waals surface area contributed by atoms with Crippen LogP contribution in [0.2, 0.25) is 10.3 Å². The van der Waals surface area contributed by atoms with Crippen LogP contribution in [-0.4, -0.2) is 21.6 Å². The molecule has 1 aromatic carbocycles. The third-order valence-corrected chi connectivity index (χ3v) is 3.62. The van der Waals surface area contributed by atoms with E-state index in [2.05, 4.69) is 15.0 Å². The van der Waals surface area contributed by atoms with Crippen molar-refractivity contribution < 1.29 is 4.74 Å². The molecule has 0 N–H and O–H groups in total. The average Bonchev–Trinajstić information content (AvgIpc) is 2.44. The Kier molecular flexibility index (Phi) is 5.88. The first-order valence-corrected chi connectivity index (χ1v) is 7.83. The standard InChI is InChI=1S/C13H13Cl2N3OS/c1-2-7-19-12-16-11(15)17-13(18-12)20-8-9-3-5-10(14)6-4-9/h3-6H,2,7-8H2,1H3. The first-order chi connectivity index (χ1) is 9.67. The third kappa shape index (κ3) is 4.81. The highest BCUT2D eigenvalue weighted by Gasteiger charge is 2.07. The molecule has 4 nitrogen and oxygen atoms in total. The zero-order chi connectivity index (χ0) is 14.4. The van der Waals surface area contributed by atoms with E-state index in [1.165, 1.54) is 11.8 Å². The molecule has 0 saturated heterocycles. The lowest BCUT2D eigenvalue weighted by molar-refractivity contribution is 0.288. The summed E-state index contributed by atoms with van der Waals surface area (Å²) in [5.41, 5.74) is 1.13. The number of hydrogen-bond donors (Lipinski definition) is 0. The Morgan fingerprint density at radius 3 is 2.55 bits per heavy atom. The minimum absolute atomic E-state index is 0.143. The van der Waals surface area contributed by atoms with Crippen molar-refractivity contribution in [2.45, 2.75) is 24.3 Å². The quantitative estimate of drug-likeness (QED) is 0.741. The van der Waals surface area contributed by atoms with E-state index in [-0.39, 0.29) is 11.3 Å². The highest BCUT2D eigenvalue weighted by atomic mass is 35.5. The van der Waals surface area contributed by atoms with E-state index in [1.54, 1.807) is 0 Å². The highest BCUT2D eigenvalue weighted by molar-refractivity contribution is 7.98. The van der Waals surface area contributed by atoms with Crippen molar-refractivity contribution in [2.24, 2.45) is 0 Å². The number of hydrogen-bond acceptors (Lipinski definition) is 5. The Bertz CT molecular complexity index is 566. The van der Waals surface area contributed by atoms with Gasteiger partial charge in [0.25, 0.3) is 0 Å². The first kappa shape index (κ1) is 15.4. The van der Waals surface area contributed by atoms with Crippen LogP contribution >= 0.6 is 35.0 Å². The molecule has 0 saturated carbocycles. The van der Waals surface area contributed by atoms with E-state index in [0.29, 0.717) is 11.8 Å². The summed E-state index contributed by atoms with van der Waals surface area (Å²) in [7, 11) is 0. The van der Waals surface area contributed by atoms with Crippen LogP contribution in [0.15, 0.2) is 29.4 Å². The van der Waals surface area contributed by atoms with Crippen molar-refractivity contribution in [3.8, 4) is 6.01 Å². The van der Waals surface area contributed by atoms with E-state index >= 15 is 0 Å². The zero-order valence-electron chi connectivity index (χ0n) is 10.8. The number of halogens is 2. The molecular formula is C13H13Cl2N3OS. The summed E-state index contributed by atoms with van der Waals surface area (Å²) in [6.07, 6.45) is 0.885. The van der Waals surface area contributed by atoms with Crippen molar-refractivity contribution in [2.75, 3.05) is 6.61 Å². The maximum atomic E-state index is 5.86. The molecule has 106 valence electrons. The fourth-order valence-corrected chi connectivity index (χ4v) is 2.48. The van der Waals surface area contributed by atoms with Crippen LogP contribution in [-0.2, 0) is 5.75 Å². The van der Waals surface area contributed by atoms with Crippen LogP contribution in [0.25, 0.3) is 0 Å². The molecule has 0 aliphatic heterocycles. The van der Waals surface area contributed by atoms with Crippen LogP contribution in [0.3, 0.4) is 0 Å².